The SMILES string of the molecule is CC(C)=CCC/C(C)=C/CN1CCCc2cc(OCCCCN=C(N)N)ccc21. The van der Waals surface area contributed by atoms with Gasteiger partial charge < -0.3 is 21.1 Å². The van der Waals surface area contributed by atoms with Crippen molar-refractivity contribution in [3.63, 3.8) is 0 Å². The van der Waals surface area contributed by atoms with E-state index in [1.165, 1.54) is 28.8 Å². The Morgan fingerprint density at radius 2 is 2.00 bits per heavy atom. The summed E-state index contributed by atoms with van der Waals surface area (Å²) in [5, 5.41) is 0. The third kappa shape index (κ3) is 8.63. The van der Waals surface area contributed by atoms with E-state index >= 15 is 0 Å². The molecule has 1 aromatic rings. The lowest BCUT2D eigenvalue weighted by molar-refractivity contribution is 0.307. The van der Waals surface area contributed by atoms with E-state index in [0.29, 0.717) is 13.2 Å². The summed E-state index contributed by atoms with van der Waals surface area (Å²) in [6.45, 7) is 10.0. The number of hydrogen-bond donors (Lipinski definition) is 2. The normalized spacial score (nSPS) is 13.6. The highest BCUT2D eigenvalue weighted by atomic mass is 16.5. The number of guanidine groups is 1. The summed E-state index contributed by atoms with van der Waals surface area (Å²) in [6.07, 6.45) is 11.2. The van der Waals surface area contributed by atoms with E-state index in [1.807, 2.05) is 0 Å². The minimum Gasteiger partial charge on any atom is -0.494 e. The molecule has 0 saturated heterocycles. The molecule has 0 aromatic heterocycles. The maximum atomic E-state index is 5.93. The number of aliphatic imine (C=N–C) groups is 1. The molecule has 160 valence electrons. The van der Waals surface area contributed by atoms with Gasteiger partial charge in [0, 0.05) is 25.3 Å². The molecule has 0 saturated carbocycles. The Labute approximate surface area is 176 Å². The molecule has 0 fully saturated rings. The fourth-order valence-electron chi connectivity index (χ4n) is 3.50. The molecule has 2 rings (SSSR count). The first kappa shape index (κ1) is 22.9. The molecule has 0 unspecified atom stereocenters. The van der Waals surface area contributed by atoms with Crippen LogP contribution < -0.4 is 21.1 Å². The molecule has 0 atom stereocenters. The van der Waals surface area contributed by atoms with Gasteiger partial charge >= 0.3 is 0 Å². The summed E-state index contributed by atoms with van der Waals surface area (Å²) in [5.74, 6) is 1.11. The number of nitrogens with zero attached hydrogens (tertiary/aromatic N) is 2. The number of ether oxygens (including phenoxy) is 1. The van der Waals surface area contributed by atoms with E-state index in [1.54, 1.807) is 0 Å². The molecular formula is C24H38N4O. The van der Waals surface area contributed by atoms with Gasteiger partial charge in [-0.15, -0.1) is 0 Å². The molecule has 1 aliphatic heterocycles. The first-order chi connectivity index (χ1) is 14.0. The third-order valence-electron chi connectivity index (χ3n) is 5.13. The van der Waals surface area contributed by atoms with E-state index < -0.39 is 0 Å². The molecule has 1 heterocycles. The summed E-state index contributed by atoms with van der Waals surface area (Å²) < 4.78 is 5.93. The second-order valence-corrected chi connectivity index (χ2v) is 8.07. The summed E-state index contributed by atoms with van der Waals surface area (Å²) in [4.78, 5) is 6.48. The van der Waals surface area contributed by atoms with Crippen molar-refractivity contribution >= 4 is 11.6 Å². The molecular weight excluding hydrogens is 360 g/mol. The van der Waals surface area contributed by atoms with Gasteiger partial charge in [0.05, 0.1) is 6.61 Å². The lowest BCUT2D eigenvalue weighted by Crippen LogP contribution is -2.29. The average molecular weight is 399 g/mol. The van der Waals surface area contributed by atoms with Gasteiger partial charge in [0.2, 0.25) is 0 Å². The maximum absolute atomic E-state index is 5.93. The van der Waals surface area contributed by atoms with Gasteiger partial charge in [0.1, 0.15) is 5.75 Å². The van der Waals surface area contributed by atoms with Crippen molar-refractivity contribution in [1.82, 2.24) is 0 Å². The zero-order valence-electron chi connectivity index (χ0n) is 18.4. The Kier molecular flexibility index (Phi) is 9.62. The van der Waals surface area contributed by atoms with Gasteiger partial charge in [-0.25, -0.2) is 0 Å². The fourth-order valence-corrected chi connectivity index (χ4v) is 3.50. The van der Waals surface area contributed by atoms with E-state index in [2.05, 4.69) is 61.0 Å². The summed E-state index contributed by atoms with van der Waals surface area (Å²) in [5.41, 5.74) is 16.3. The third-order valence-corrected chi connectivity index (χ3v) is 5.13. The fraction of sp³-hybridized carbons (Fsp3) is 0.542. The van der Waals surface area contributed by atoms with Crippen molar-refractivity contribution in [3.05, 3.63) is 47.1 Å². The van der Waals surface area contributed by atoms with Crippen LogP contribution in [-0.4, -0.2) is 32.2 Å². The van der Waals surface area contributed by atoms with Crippen LogP contribution in [-0.2, 0) is 6.42 Å². The first-order valence-corrected chi connectivity index (χ1v) is 10.8. The summed E-state index contributed by atoms with van der Waals surface area (Å²) in [7, 11) is 0. The van der Waals surface area contributed by atoms with Crippen LogP contribution in [0.3, 0.4) is 0 Å². The van der Waals surface area contributed by atoms with E-state index in [9.17, 15) is 0 Å². The van der Waals surface area contributed by atoms with Crippen LogP contribution in [0.1, 0.15) is 58.4 Å². The van der Waals surface area contributed by atoms with Gasteiger partial charge in [-0.05, 0) is 83.1 Å². The molecule has 5 nitrogen and oxygen atoms in total. The average Bonchev–Trinajstić information content (AvgIpc) is 2.68. The number of fused-ring (bicyclic) bond motifs is 1. The minimum atomic E-state index is 0.156. The Morgan fingerprint density at radius 1 is 1.17 bits per heavy atom. The molecule has 0 spiro atoms. The van der Waals surface area contributed by atoms with E-state index in [4.69, 9.17) is 16.2 Å². The Bertz CT molecular complexity index is 728. The van der Waals surface area contributed by atoms with Crippen molar-refractivity contribution in [3.8, 4) is 5.75 Å². The van der Waals surface area contributed by atoms with E-state index in [0.717, 1.165) is 50.9 Å². The molecule has 4 N–H and O–H groups in total. The monoisotopic (exact) mass is 398 g/mol. The Hall–Kier alpha value is -2.43. The topological polar surface area (TPSA) is 76.9 Å². The number of benzene rings is 1. The highest BCUT2D eigenvalue weighted by Gasteiger charge is 2.16. The molecule has 0 bridgehead atoms. The number of anilines is 1. The van der Waals surface area contributed by atoms with Gasteiger partial charge in [0.15, 0.2) is 5.96 Å². The maximum Gasteiger partial charge on any atom is 0.185 e. The molecule has 0 radical (unpaired) electrons. The zero-order chi connectivity index (χ0) is 21.1. The van der Waals surface area contributed by atoms with Gasteiger partial charge in [-0.3, -0.25) is 4.99 Å². The molecule has 5 heteroatoms. The van der Waals surface area contributed by atoms with Gasteiger partial charge in [-0.1, -0.05) is 23.3 Å². The van der Waals surface area contributed by atoms with Crippen LogP contribution in [0, 0.1) is 0 Å². The molecule has 0 aliphatic carbocycles. The standard InChI is InChI=1S/C24H38N4O/c1-19(2)8-6-9-20(3)13-16-28-15-7-10-21-18-22(11-12-23(21)28)29-17-5-4-14-27-24(25)26/h8,11-13,18H,4-7,9-10,14-17H2,1-3H3,(H4,25,26,27)/b20-13+. The van der Waals surface area contributed by atoms with Crippen molar-refractivity contribution in [1.29, 1.82) is 0 Å². The quantitative estimate of drug-likeness (QED) is 0.248. The molecule has 0 amide bonds. The van der Waals surface area contributed by atoms with Crippen LogP contribution in [0.4, 0.5) is 5.69 Å². The van der Waals surface area contributed by atoms with Crippen molar-refractivity contribution in [2.75, 3.05) is 31.1 Å². The number of hydrogen-bond acceptors (Lipinski definition) is 3. The molecule has 1 aliphatic rings. The highest BCUT2D eigenvalue weighted by Crippen LogP contribution is 2.30. The van der Waals surface area contributed by atoms with Crippen molar-refractivity contribution in [2.45, 2.75) is 59.3 Å². The number of allylic oxidation sites excluding steroid dienone is 3. The van der Waals surface area contributed by atoms with Gasteiger partial charge in [-0.2, -0.15) is 0 Å². The number of nitrogens with two attached hydrogens (primary N) is 2. The van der Waals surface area contributed by atoms with Crippen LogP contribution in [0.2, 0.25) is 0 Å². The predicted octanol–water partition coefficient (Wildman–Crippen LogP) is 4.56. The van der Waals surface area contributed by atoms with Gasteiger partial charge in [0.25, 0.3) is 0 Å². The largest absolute Gasteiger partial charge is 0.494 e. The number of aryl methyl sites for hydroxylation is 1. The number of rotatable bonds is 11. The van der Waals surface area contributed by atoms with Crippen LogP contribution in [0.5, 0.6) is 5.75 Å². The number of unbranched alkanes of at least 4 members (excludes halogenated alkanes) is 1. The minimum absolute atomic E-state index is 0.156. The molecule has 29 heavy (non-hydrogen) atoms. The lowest BCUT2D eigenvalue weighted by Gasteiger charge is -2.31. The summed E-state index contributed by atoms with van der Waals surface area (Å²) >= 11 is 0. The second-order valence-electron chi connectivity index (χ2n) is 8.07. The highest BCUT2D eigenvalue weighted by molar-refractivity contribution is 5.75. The van der Waals surface area contributed by atoms with Crippen LogP contribution in [0.25, 0.3) is 0 Å². The smallest absolute Gasteiger partial charge is 0.185 e. The van der Waals surface area contributed by atoms with Crippen molar-refractivity contribution in [2.24, 2.45) is 16.5 Å². The summed E-state index contributed by atoms with van der Waals surface area (Å²) in [6, 6.07) is 6.52. The van der Waals surface area contributed by atoms with E-state index in [-0.39, 0.29) is 5.96 Å². The Balaban J connectivity index is 1.85. The zero-order valence-corrected chi connectivity index (χ0v) is 18.4. The first-order valence-electron chi connectivity index (χ1n) is 10.8. The van der Waals surface area contributed by atoms with Crippen LogP contribution >= 0.6 is 0 Å². The second kappa shape index (κ2) is 12.2. The Morgan fingerprint density at radius 3 is 2.76 bits per heavy atom. The van der Waals surface area contributed by atoms with Crippen molar-refractivity contribution < 1.29 is 4.74 Å². The molecule has 1 aromatic carbocycles. The van der Waals surface area contributed by atoms with Crippen LogP contribution in [0.15, 0.2) is 46.5 Å². The lowest BCUT2D eigenvalue weighted by atomic mass is 10.0. The predicted molar refractivity (Wildman–Crippen MR) is 125 cm³/mol.